The molecule has 1 N–H and O–H groups in total. The first-order valence-electron chi connectivity index (χ1n) is 7.33. The molecule has 0 amide bonds. The minimum Gasteiger partial charge on any atom is -0.376 e. The van der Waals surface area contributed by atoms with Crippen molar-refractivity contribution >= 4 is 11.3 Å². The van der Waals surface area contributed by atoms with E-state index in [0.29, 0.717) is 18.2 Å². The predicted molar refractivity (Wildman–Crippen MR) is 81.8 cm³/mol. The Labute approximate surface area is 121 Å². The zero-order valence-electron chi connectivity index (χ0n) is 12.3. The molecule has 4 heteroatoms. The van der Waals surface area contributed by atoms with Crippen molar-refractivity contribution in [3.63, 3.8) is 0 Å². The van der Waals surface area contributed by atoms with Crippen LogP contribution >= 0.6 is 11.3 Å². The van der Waals surface area contributed by atoms with Crippen LogP contribution in [0.3, 0.4) is 0 Å². The van der Waals surface area contributed by atoms with Gasteiger partial charge in [-0.25, -0.2) is 0 Å². The van der Waals surface area contributed by atoms with E-state index in [-0.39, 0.29) is 0 Å². The number of rotatable bonds is 6. The summed E-state index contributed by atoms with van der Waals surface area (Å²) in [5.41, 5.74) is 0. The summed E-state index contributed by atoms with van der Waals surface area (Å²) in [6.45, 7) is 10.8. The van der Waals surface area contributed by atoms with Gasteiger partial charge in [0.15, 0.2) is 0 Å². The van der Waals surface area contributed by atoms with Crippen LogP contribution in [0.15, 0.2) is 17.5 Å². The Morgan fingerprint density at radius 1 is 1.58 bits per heavy atom. The first-order valence-corrected chi connectivity index (χ1v) is 8.21. The van der Waals surface area contributed by atoms with Gasteiger partial charge >= 0.3 is 0 Å². The number of hydrogen-bond donors (Lipinski definition) is 1. The average Bonchev–Trinajstić information content (AvgIpc) is 2.93. The second-order valence-electron chi connectivity index (χ2n) is 5.39. The van der Waals surface area contributed by atoms with E-state index in [1.165, 1.54) is 11.3 Å². The van der Waals surface area contributed by atoms with E-state index in [1.807, 2.05) is 11.3 Å². The largest absolute Gasteiger partial charge is 0.376 e. The van der Waals surface area contributed by atoms with Crippen LogP contribution < -0.4 is 5.32 Å². The van der Waals surface area contributed by atoms with E-state index >= 15 is 0 Å². The van der Waals surface area contributed by atoms with E-state index in [1.54, 1.807) is 0 Å². The third-order valence-corrected chi connectivity index (χ3v) is 4.93. The highest BCUT2D eigenvalue weighted by atomic mass is 32.1. The number of nitrogens with zero attached hydrogens (tertiary/aromatic N) is 1. The van der Waals surface area contributed by atoms with Gasteiger partial charge in [0, 0.05) is 36.6 Å². The standard InChI is InChI=1S/C15H26N2OS/c1-4-14-11-18-12(2)10-17(14)8-7-16-13(3)15-6-5-9-19-15/h5-6,9,12-14,16H,4,7-8,10-11H2,1-3H3. The molecule has 3 nitrogen and oxygen atoms in total. The lowest BCUT2D eigenvalue weighted by Gasteiger charge is -2.38. The number of thiophene rings is 1. The van der Waals surface area contributed by atoms with Crippen LogP contribution in [0.2, 0.25) is 0 Å². The number of ether oxygens (including phenoxy) is 1. The summed E-state index contributed by atoms with van der Waals surface area (Å²) < 4.78 is 5.74. The molecule has 0 saturated carbocycles. The van der Waals surface area contributed by atoms with Gasteiger partial charge in [-0.2, -0.15) is 0 Å². The smallest absolute Gasteiger partial charge is 0.0674 e. The molecule has 0 aromatic carbocycles. The molecule has 2 heterocycles. The third-order valence-electron chi connectivity index (χ3n) is 3.87. The molecular formula is C15H26N2OS. The monoisotopic (exact) mass is 282 g/mol. The highest BCUT2D eigenvalue weighted by molar-refractivity contribution is 7.10. The molecule has 19 heavy (non-hydrogen) atoms. The first-order chi connectivity index (χ1) is 9.20. The first kappa shape index (κ1) is 15.0. The Kier molecular flexibility index (Phi) is 5.82. The fourth-order valence-electron chi connectivity index (χ4n) is 2.63. The lowest BCUT2D eigenvalue weighted by atomic mass is 10.1. The maximum absolute atomic E-state index is 5.74. The summed E-state index contributed by atoms with van der Waals surface area (Å²) in [4.78, 5) is 3.99. The molecule has 0 radical (unpaired) electrons. The molecule has 2 rings (SSSR count). The Hall–Kier alpha value is -0.420. The van der Waals surface area contributed by atoms with Gasteiger partial charge < -0.3 is 10.1 Å². The SMILES string of the molecule is CCC1COC(C)CN1CCNC(C)c1cccs1. The Bertz CT molecular complexity index is 355. The lowest BCUT2D eigenvalue weighted by molar-refractivity contribution is -0.0552. The maximum atomic E-state index is 5.74. The van der Waals surface area contributed by atoms with Crippen LogP contribution in [-0.4, -0.2) is 43.3 Å². The predicted octanol–water partition coefficient (Wildman–Crippen LogP) is 2.90. The summed E-state index contributed by atoms with van der Waals surface area (Å²) in [5, 5.41) is 5.76. The topological polar surface area (TPSA) is 24.5 Å². The molecule has 108 valence electrons. The molecule has 1 aromatic heterocycles. The van der Waals surface area contributed by atoms with E-state index in [9.17, 15) is 0 Å². The average molecular weight is 282 g/mol. The molecule has 0 aliphatic carbocycles. The lowest BCUT2D eigenvalue weighted by Crippen LogP contribution is -2.50. The summed E-state index contributed by atoms with van der Waals surface area (Å²) in [5.74, 6) is 0. The Balaban J connectivity index is 1.74. The number of morpholine rings is 1. The van der Waals surface area contributed by atoms with Crippen LogP contribution in [-0.2, 0) is 4.74 Å². The minimum absolute atomic E-state index is 0.373. The van der Waals surface area contributed by atoms with Crippen molar-refractivity contribution in [2.75, 3.05) is 26.2 Å². The fraction of sp³-hybridized carbons (Fsp3) is 0.733. The molecule has 1 saturated heterocycles. The molecule has 1 aliphatic heterocycles. The van der Waals surface area contributed by atoms with E-state index in [2.05, 4.69) is 48.5 Å². The molecule has 1 fully saturated rings. The summed E-state index contributed by atoms with van der Waals surface area (Å²) in [6, 6.07) is 5.37. The molecular weight excluding hydrogens is 256 g/mol. The van der Waals surface area contributed by atoms with Crippen LogP contribution in [0.1, 0.15) is 38.1 Å². The highest BCUT2D eigenvalue weighted by Gasteiger charge is 2.24. The van der Waals surface area contributed by atoms with Crippen LogP contribution in [0.25, 0.3) is 0 Å². The second kappa shape index (κ2) is 7.39. The number of hydrogen-bond acceptors (Lipinski definition) is 4. The van der Waals surface area contributed by atoms with Gasteiger partial charge in [-0.15, -0.1) is 11.3 Å². The summed E-state index contributed by atoms with van der Waals surface area (Å²) in [7, 11) is 0. The second-order valence-corrected chi connectivity index (χ2v) is 6.37. The molecule has 3 unspecified atom stereocenters. The van der Waals surface area contributed by atoms with Gasteiger partial charge in [-0.3, -0.25) is 4.90 Å². The molecule has 1 aromatic rings. The normalized spacial score (nSPS) is 26.5. The van der Waals surface area contributed by atoms with Gasteiger partial charge in [0.1, 0.15) is 0 Å². The quantitative estimate of drug-likeness (QED) is 0.868. The molecule has 0 bridgehead atoms. The zero-order valence-corrected chi connectivity index (χ0v) is 13.1. The minimum atomic E-state index is 0.373. The highest BCUT2D eigenvalue weighted by Crippen LogP contribution is 2.18. The third kappa shape index (κ3) is 4.28. The van der Waals surface area contributed by atoms with Gasteiger partial charge in [-0.05, 0) is 31.7 Å². The van der Waals surface area contributed by atoms with Crippen molar-refractivity contribution in [1.82, 2.24) is 10.2 Å². The van der Waals surface area contributed by atoms with E-state index < -0.39 is 0 Å². The summed E-state index contributed by atoms with van der Waals surface area (Å²) in [6.07, 6.45) is 1.55. The van der Waals surface area contributed by atoms with Crippen molar-refractivity contribution in [3.05, 3.63) is 22.4 Å². The van der Waals surface area contributed by atoms with Crippen molar-refractivity contribution in [2.24, 2.45) is 0 Å². The van der Waals surface area contributed by atoms with Gasteiger partial charge in [0.05, 0.1) is 12.7 Å². The Morgan fingerprint density at radius 3 is 3.11 bits per heavy atom. The zero-order chi connectivity index (χ0) is 13.7. The van der Waals surface area contributed by atoms with Crippen molar-refractivity contribution in [3.8, 4) is 0 Å². The van der Waals surface area contributed by atoms with Crippen LogP contribution in [0.5, 0.6) is 0 Å². The van der Waals surface area contributed by atoms with Crippen LogP contribution in [0, 0.1) is 0 Å². The molecule has 1 aliphatic rings. The van der Waals surface area contributed by atoms with Gasteiger partial charge in [-0.1, -0.05) is 13.0 Å². The molecule has 3 atom stereocenters. The van der Waals surface area contributed by atoms with Crippen LogP contribution in [0.4, 0.5) is 0 Å². The summed E-state index contributed by atoms with van der Waals surface area (Å²) >= 11 is 1.83. The Morgan fingerprint density at radius 2 is 2.42 bits per heavy atom. The van der Waals surface area contributed by atoms with Crippen molar-refractivity contribution < 1.29 is 4.74 Å². The van der Waals surface area contributed by atoms with E-state index in [0.717, 1.165) is 26.2 Å². The molecule has 0 spiro atoms. The maximum Gasteiger partial charge on any atom is 0.0674 e. The number of nitrogens with one attached hydrogen (secondary N) is 1. The van der Waals surface area contributed by atoms with Gasteiger partial charge in [0.25, 0.3) is 0 Å². The van der Waals surface area contributed by atoms with Crippen molar-refractivity contribution in [1.29, 1.82) is 0 Å². The fourth-order valence-corrected chi connectivity index (χ4v) is 3.38. The van der Waals surface area contributed by atoms with E-state index in [4.69, 9.17) is 4.74 Å². The van der Waals surface area contributed by atoms with Gasteiger partial charge in [0.2, 0.25) is 0 Å². The van der Waals surface area contributed by atoms with Crippen molar-refractivity contribution in [2.45, 2.75) is 45.4 Å².